The number of hydrogen-bond donors (Lipinski definition) is 2. The Balaban J connectivity index is 0.00000364. The standard InChI is InChI=1S/C20H37N5O.HI/c1-5-18-17(19(6-2)25(4)24-18)15-23-20(21-3)22-13-10-14-26-16-11-8-7-9-12-16;/h16H,5-15H2,1-4H3,(H2,21,22,23);1H. The molecule has 1 fully saturated rings. The zero-order chi connectivity index (χ0) is 18.8. The Bertz CT molecular complexity index is 567. The molecule has 1 aliphatic carbocycles. The lowest BCUT2D eigenvalue weighted by Gasteiger charge is -2.22. The van der Waals surface area contributed by atoms with Crippen LogP contribution in [0, 0.1) is 0 Å². The number of rotatable bonds is 9. The normalized spacial score (nSPS) is 15.5. The summed E-state index contributed by atoms with van der Waals surface area (Å²) in [4.78, 5) is 4.33. The number of aromatic nitrogens is 2. The zero-order valence-electron chi connectivity index (χ0n) is 17.5. The van der Waals surface area contributed by atoms with E-state index in [2.05, 4.69) is 34.6 Å². The number of guanidine groups is 1. The van der Waals surface area contributed by atoms with Crippen LogP contribution in [-0.4, -0.2) is 42.0 Å². The number of hydrogen-bond acceptors (Lipinski definition) is 3. The molecule has 0 aliphatic heterocycles. The smallest absolute Gasteiger partial charge is 0.191 e. The topological polar surface area (TPSA) is 63.5 Å². The van der Waals surface area contributed by atoms with Crippen molar-refractivity contribution in [3.05, 3.63) is 17.0 Å². The van der Waals surface area contributed by atoms with Crippen molar-refractivity contribution in [2.75, 3.05) is 20.2 Å². The number of nitrogens with zero attached hydrogens (tertiary/aromatic N) is 3. The summed E-state index contributed by atoms with van der Waals surface area (Å²) in [5.41, 5.74) is 3.78. The van der Waals surface area contributed by atoms with Gasteiger partial charge in [0, 0.05) is 45.0 Å². The van der Waals surface area contributed by atoms with Gasteiger partial charge in [-0.3, -0.25) is 9.67 Å². The third-order valence-corrected chi connectivity index (χ3v) is 5.20. The van der Waals surface area contributed by atoms with Crippen molar-refractivity contribution < 1.29 is 4.74 Å². The molecule has 0 bridgehead atoms. The molecule has 2 N–H and O–H groups in total. The molecule has 156 valence electrons. The first-order chi connectivity index (χ1) is 12.7. The zero-order valence-corrected chi connectivity index (χ0v) is 19.8. The minimum absolute atomic E-state index is 0. The van der Waals surface area contributed by atoms with E-state index in [0.29, 0.717) is 6.10 Å². The molecule has 0 saturated heterocycles. The van der Waals surface area contributed by atoms with Crippen LogP contribution in [-0.2, 0) is 31.2 Å². The summed E-state index contributed by atoms with van der Waals surface area (Å²) in [5, 5.41) is 11.5. The van der Waals surface area contributed by atoms with Crippen LogP contribution in [0.4, 0.5) is 0 Å². The van der Waals surface area contributed by atoms with Gasteiger partial charge in [0.1, 0.15) is 0 Å². The monoisotopic (exact) mass is 491 g/mol. The van der Waals surface area contributed by atoms with E-state index in [-0.39, 0.29) is 24.0 Å². The van der Waals surface area contributed by atoms with Gasteiger partial charge in [-0.05, 0) is 32.1 Å². The number of ether oxygens (including phenoxy) is 1. The van der Waals surface area contributed by atoms with Gasteiger partial charge >= 0.3 is 0 Å². The van der Waals surface area contributed by atoms with Crippen molar-refractivity contribution in [3.8, 4) is 0 Å². The summed E-state index contributed by atoms with van der Waals surface area (Å²) in [5.74, 6) is 0.843. The number of aliphatic imine (C=N–C) groups is 1. The van der Waals surface area contributed by atoms with Crippen molar-refractivity contribution in [1.29, 1.82) is 0 Å². The van der Waals surface area contributed by atoms with Gasteiger partial charge in [0.05, 0.1) is 11.8 Å². The first kappa shape index (κ1) is 24.2. The maximum absolute atomic E-state index is 5.98. The summed E-state index contributed by atoms with van der Waals surface area (Å²) >= 11 is 0. The lowest BCUT2D eigenvalue weighted by atomic mass is 9.98. The lowest BCUT2D eigenvalue weighted by molar-refractivity contribution is 0.0277. The average molecular weight is 491 g/mol. The molecule has 1 heterocycles. The highest BCUT2D eigenvalue weighted by atomic mass is 127. The van der Waals surface area contributed by atoms with Crippen molar-refractivity contribution in [1.82, 2.24) is 20.4 Å². The van der Waals surface area contributed by atoms with Gasteiger partial charge in [-0.1, -0.05) is 33.1 Å². The fraction of sp³-hybridized carbons (Fsp3) is 0.800. The fourth-order valence-corrected chi connectivity index (χ4v) is 3.75. The molecular formula is C20H38IN5O. The molecule has 0 spiro atoms. The molecule has 1 saturated carbocycles. The number of nitrogens with one attached hydrogen (secondary N) is 2. The molecule has 0 amide bonds. The van der Waals surface area contributed by atoms with Gasteiger partial charge in [-0.2, -0.15) is 5.10 Å². The molecule has 6 nitrogen and oxygen atoms in total. The second-order valence-corrected chi connectivity index (χ2v) is 7.04. The SMILES string of the molecule is CCc1nn(C)c(CC)c1CNC(=NC)NCCCOC1CCCCC1.I. The summed E-state index contributed by atoms with van der Waals surface area (Å²) in [6.07, 6.45) is 9.94. The van der Waals surface area contributed by atoms with Gasteiger partial charge in [0.2, 0.25) is 0 Å². The van der Waals surface area contributed by atoms with Crippen molar-refractivity contribution in [2.45, 2.75) is 77.9 Å². The molecule has 1 aromatic heterocycles. The van der Waals surface area contributed by atoms with Crippen LogP contribution in [0.25, 0.3) is 0 Å². The minimum Gasteiger partial charge on any atom is -0.378 e. The summed E-state index contributed by atoms with van der Waals surface area (Å²) in [6.45, 7) is 6.81. The second kappa shape index (κ2) is 13.4. The quantitative estimate of drug-likeness (QED) is 0.240. The maximum Gasteiger partial charge on any atom is 0.191 e. The molecule has 0 aromatic carbocycles. The first-order valence-electron chi connectivity index (χ1n) is 10.3. The van der Waals surface area contributed by atoms with E-state index in [1.54, 1.807) is 0 Å². The van der Waals surface area contributed by atoms with E-state index in [4.69, 9.17) is 4.74 Å². The van der Waals surface area contributed by atoms with E-state index in [1.165, 1.54) is 49.1 Å². The summed E-state index contributed by atoms with van der Waals surface area (Å²) in [7, 11) is 3.85. The molecule has 0 unspecified atom stereocenters. The van der Waals surface area contributed by atoms with E-state index in [1.807, 2.05) is 18.8 Å². The van der Waals surface area contributed by atoms with Crippen molar-refractivity contribution >= 4 is 29.9 Å². The Labute approximate surface area is 181 Å². The van der Waals surface area contributed by atoms with Gasteiger partial charge in [-0.15, -0.1) is 24.0 Å². The van der Waals surface area contributed by atoms with Gasteiger partial charge < -0.3 is 15.4 Å². The Morgan fingerprint density at radius 1 is 1.19 bits per heavy atom. The molecule has 1 aromatic rings. The highest BCUT2D eigenvalue weighted by molar-refractivity contribution is 14.0. The Morgan fingerprint density at radius 2 is 1.93 bits per heavy atom. The van der Waals surface area contributed by atoms with Gasteiger partial charge in [-0.25, -0.2) is 0 Å². The Kier molecular flexibility index (Phi) is 12.0. The van der Waals surface area contributed by atoms with Crippen LogP contribution in [0.3, 0.4) is 0 Å². The molecule has 0 radical (unpaired) electrons. The maximum atomic E-state index is 5.98. The van der Waals surface area contributed by atoms with E-state index in [0.717, 1.165) is 44.9 Å². The Hall–Kier alpha value is -0.830. The predicted octanol–water partition coefficient (Wildman–Crippen LogP) is 3.57. The molecule has 0 atom stereocenters. The van der Waals surface area contributed by atoms with Crippen LogP contribution in [0.5, 0.6) is 0 Å². The molecule has 2 rings (SSSR count). The van der Waals surface area contributed by atoms with Crippen LogP contribution < -0.4 is 10.6 Å². The highest BCUT2D eigenvalue weighted by Gasteiger charge is 2.14. The van der Waals surface area contributed by atoms with Crippen molar-refractivity contribution in [2.24, 2.45) is 12.0 Å². The third kappa shape index (κ3) is 7.60. The Morgan fingerprint density at radius 3 is 2.56 bits per heavy atom. The van der Waals surface area contributed by atoms with Crippen LogP contribution >= 0.6 is 24.0 Å². The predicted molar refractivity (Wildman–Crippen MR) is 123 cm³/mol. The second-order valence-electron chi connectivity index (χ2n) is 7.04. The average Bonchev–Trinajstić information content (AvgIpc) is 2.99. The van der Waals surface area contributed by atoms with E-state index >= 15 is 0 Å². The summed E-state index contributed by atoms with van der Waals surface area (Å²) in [6, 6.07) is 0. The first-order valence-corrected chi connectivity index (χ1v) is 10.3. The molecule has 1 aliphatic rings. The number of halogens is 1. The molecule has 27 heavy (non-hydrogen) atoms. The number of aryl methyl sites for hydroxylation is 2. The highest BCUT2D eigenvalue weighted by Crippen LogP contribution is 2.20. The van der Waals surface area contributed by atoms with Gasteiger partial charge in [0.25, 0.3) is 0 Å². The lowest BCUT2D eigenvalue weighted by Crippen LogP contribution is -2.38. The van der Waals surface area contributed by atoms with Crippen molar-refractivity contribution in [3.63, 3.8) is 0 Å². The van der Waals surface area contributed by atoms with Crippen LogP contribution in [0.1, 0.15) is 69.3 Å². The van der Waals surface area contributed by atoms with Crippen LogP contribution in [0.15, 0.2) is 4.99 Å². The van der Waals surface area contributed by atoms with E-state index < -0.39 is 0 Å². The molecule has 7 heteroatoms. The van der Waals surface area contributed by atoms with Crippen LogP contribution in [0.2, 0.25) is 0 Å². The fourth-order valence-electron chi connectivity index (χ4n) is 3.75. The largest absolute Gasteiger partial charge is 0.378 e. The molecular weight excluding hydrogens is 453 g/mol. The van der Waals surface area contributed by atoms with Gasteiger partial charge in [0.15, 0.2) is 5.96 Å². The third-order valence-electron chi connectivity index (χ3n) is 5.20. The van der Waals surface area contributed by atoms with E-state index in [9.17, 15) is 0 Å². The summed E-state index contributed by atoms with van der Waals surface area (Å²) < 4.78 is 7.99. The minimum atomic E-state index is 0.